The average molecular weight is 534 g/mol. The zero-order valence-electron chi connectivity index (χ0n) is 21.8. The number of para-hydroxylation sites is 1. The second-order valence-corrected chi connectivity index (χ2v) is 9.70. The fraction of sp³-hybridized carbons (Fsp3) is 0.133. The minimum atomic E-state index is -0.590. The van der Waals surface area contributed by atoms with E-state index in [1.54, 1.807) is 22.7 Å². The highest BCUT2D eigenvalue weighted by Crippen LogP contribution is 2.49. The first-order chi connectivity index (χ1) is 19.4. The topological polar surface area (TPSA) is 115 Å². The summed E-state index contributed by atoms with van der Waals surface area (Å²) in [7, 11) is 5.42. The Morgan fingerprint density at radius 3 is 2.58 bits per heavy atom. The van der Waals surface area contributed by atoms with Crippen LogP contribution in [0.15, 0.2) is 82.3 Å². The molecule has 198 valence electrons. The molecular weight excluding hydrogens is 510 g/mol. The van der Waals surface area contributed by atoms with Crippen molar-refractivity contribution in [3.8, 4) is 34.5 Å². The molecule has 3 aromatic carbocycles. The number of hydrogen-bond acceptors (Lipinski definition) is 9. The van der Waals surface area contributed by atoms with Gasteiger partial charge < -0.3 is 23.9 Å². The van der Waals surface area contributed by atoms with Gasteiger partial charge in [0.15, 0.2) is 28.7 Å². The number of aromatic hydroxyl groups is 1. The lowest BCUT2D eigenvalue weighted by Gasteiger charge is -2.27. The summed E-state index contributed by atoms with van der Waals surface area (Å²) in [6.45, 7) is 0. The second kappa shape index (κ2) is 8.84. The van der Waals surface area contributed by atoms with E-state index in [-0.39, 0.29) is 5.75 Å². The van der Waals surface area contributed by atoms with E-state index in [0.717, 1.165) is 11.3 Å². The van der Waals surface area contributed by atoms with Gasteiger partial charge in [-0.25, -0.2) is 19.3 Å². The minimum Gasteiger partial charge on any atom is -0.504 e. The maximum absolute atomic E-state index is 13.5. The Balaban J connectivity index is 1.49. The normalized spacial score (nSPS) is 14.0. The molecule has 3 aromatic heterocycles. The highest BCUT2D eigenvalue weighted by molar-refractivity contribution is 5.87. The average Bonchev–Trinajstić information content (AvgIpc) is 3.41. The molecule has 0 saturated heterocycles. The van der Waals surface area contributed by atoms with Gasteiger partial charge in [0.2, 0.25) is 5.88 Å². The largest absolute Gasteiger partial charge is 0.504 e. The fourth-order valence-electron chi connectivity index (χ4n) is 5.18. The zero-order chi connectivity index (χ0) is 27.5. The molecule has 0 aliphatic carbocycles. The number of hydrogen-bond donors (Lipinski definition) is 1. The quantitative estimate of drug-likeness (QED) is 0.313. The van der Waals surface area contributed by atoms with Crippen molar-refractivity contribution in [2.24, 2.45) is 0 Å². The van der Waals surface area contributed by atoms with Gasteiger partial charge in [0.05, 0.1) is 29.5 Å². The molecule has 0 amide bonds. The smallest absolute Gasteiger partial charge is 0.344 e. The van der Waals surface area contributed by atoms with Gasteiger partial charge >= 0.3 is 5.63 Å². The van der Waals surface area contributed by atoms with E-state index in [1.165, 1.54) is 19.5 Å². The molecule has 1 N–H and O–H groups in total. The minimum absolute atomic E-state index is 0.0281. The number of ether oxygens (including phenoxy) is 2. The molecule has 6 aromatic rings. The molecule has 7 rings (SSSR count). The van der Waals surface area contributed by atoms with Crippen LogP contribution in [0.3, 0.4) is 0 Å². The van der Waals surface area contributed by atoms with Crippen molar-refractivity contribution in [3.05, 3.63) is 100 Å². The number of fused-ring (bicyclic) bond motifs is 6. The SMILES string of the molecule is COc1ccc(-c2nc3c4c(ncn3n2)Oc2c(c(=O)oc3ccccc23)C4c2ccc(N(C)C)cc2)cc1O. The summed E-state index contributed by atoms with van der Waals surface area (Å²) in [5.74, 6) is 0.836. The van der Waals surface area contributed by atoms with E-state index < -0.39 is 11.5 Å². The first-order valence-electron chi connectivity index (χ1n) is 12.6. The van der Waals surface area contributed by atoms with E-state index >= 15 is 0 Å². The van der Waals surface area contributed by atoms with Crippen molar-refractivity contribution in [2.75, 3.05) is 26.1 Å². The summed E-state index contributed by atoms with van der Waals surface area (Å²) in [4.78, 5) is 25.0. The standard InChI is InChI=1S/C30H23N5O5/c1-34(2)18-11-8-16(9-12-18)23-24-26(19-6-4-5-7-21(19)39-30(24)37)40-29-25(23)28-32-27(33-35(28)15-31-29)17-10-13-22(38-3)20(36)14-17/h4-15,23,36H,1-3H3. The van der Waals surface area contributed by atoms with Crippen LogP contribution in [-0.2, 0) is 0 Å². The van der Waals surface area contributed by atoms with Crippen LogP contribution in [0.4, 0.5) is 5.69 Å². The summed E-state index contributed by atoms with van der Waals surface area (Å²) >= 11 is 0. The van der Waals surface area contributed by atoms with Crippen LogP contribution < -0.4 is 20.0 Å². The summed E-state index contributed by atoms with van der Waals surface area (Å²) in [6.07, 6.45) is 1.53. The van der Waals surface area contributed by atoms with E-state index in [0.29, 0.717) is 56.5 Å². The second-order valence-electron chi connectivity index (χ2n) is 9.70. The molecule has 0 radical (unpaired) electrons. The third-order valence-electron chi connectivity index (χ3n) is 7.14. The van der Waals surface area contributed by atoms with Crippen molar-refractivity contribution in [1.82, 2.24) is 19.6 Å². The van der Waals surface area contributed by atoms with Crippen molar-refractivity contribution in [1.29, 1.82) is 0 Å². The highest BCUT2D eigenvalue weighted by atomic mass is 16.5. The van der Waals surface area contributed by atoms with E-state index in [4.69, 9.17) is 18.9 Å². The molecule has 10 heteroatoms. The monoisotopic (exact) mass is 533 g/mol. The van der Waals surface area contributed by atoms with Gasteiger partial charge in [0.1, 0.15) is 11.9 Å². The van der Waals surface area contributed by atoms with Gasteiger partial charge in [-0.15, -0.1) is 5.10 Å². The van der Waals surface area contributed by atoms with Gasteiger partial charge in [-0.1, -0.05) is 24.3 Å². The van der Waals surface area contributed by atoms with E-state index in [1.807, 2.05) is 61.5 Å². The summed E-state index contributed by atoms with van der Waals surface area (Å²) < 4.78 is 18.8. The zero-order valence-corrected chi connectivity index (χ0v) is 21.8. The fourth-order valence-corrected chi connectivity index (χ4v) is 5.18. The Kier molecular flexibility index (Phi) is 5.24. The van der Waals surface area contributed by atoms with Gasteiger partial charge in [0.25, 0.3) is 0 Å². The van der Waals surface area contributed by atoms with Gasteiger partial charge in [-0.05, 0) is 48.0 Å². The van der Waals surface area contributed by atoms with Crippen LogP contribution in [-0.4, -0.2) is 45.9 Å². The van der Waals surface area contributed by atoms with Crippen molar-refractivity contribution < 1.29 is 19.0 Å². The predicted molar refractivity (Wildman–Crippen MR) is 149 cm³/mol. The third kappa shape index (κ3) is 3.57. The number of rotatable bonds is 4. The van der Waals surface area contributed by atoms with Crippen LogP contribution in [0.5, 0.6) is 23.1 Å². The van der Waals surface area contributed by atoms with Gasteiger partial charge in [0, 0.05) is 25.3 Å². The lowest BCUT2D eigenvalue weighted by Crippen LogP contribution is -2.22. The number of phenols is 1. The molecule has 1 atom stereocenters. The number of nitrogens with zero attached hydrogens (tertiary/aromatic N) is 5. The number of methoxy groups -OCH3 is 1. The van der Waals surface area contributed by atoms with Crippen molar-refractivity contribution >= 4 is 22.3 Å². The third-order valence-corrected chi connectivity index (χ3v) is 7.14. The Bertz CT molecular complexity index is 2000. The lowest BCUT2D eigenvalue weighted by molar-refractivity contribution is 0.373. The number of aromatic nitrogens is 4. The maximum Gasteiger partial charge on any atom is 0.344 e. The molecule has 0 saturated carbocycles. The Hall–Kier alpha value is -5.38. The number of anilines is 1. The van der Waals surface area contributed by atoms with E-state index in [2.05, 4.69) is 10.1 Å². The number of benzene rings is 3. The highest BCUT2D eigenvalue weighted by Gasteiger charge is 2.37. The van der Waals surface area contributed by atoms with Crippen LogP contribution in [0, 0.1) is 0 Å². The molecule has 40 heavy (non-hydrogen) atoms. The van der Waals surface area contributed by atoms with Crippen LogP contribution in [0.2, 0.25) is 0 Å². The van der Waals surface area contributed by atoms with E-state index in [9.17, 15) is 9.90 Å². The first-order valence-corrected chi connectivity index (χ1v) is 12.6. The Morgan fingerprint density at radius 1 is 1.02 bits per heavy atom. The van der Waals surface area contributed by atoms with Crippen LogP contribution >= 0.6 is 0 Å². The first kappa shape index (κ1) is 23.7. The Morgan fingerprint density at radius 2 is 1.82 bits per heavy atom. The van der Waals surface area contributed by atoms with Crippen LogP contribution in [0.1, 0.15) is 22.6 Å². The number of phenolic OH excluding ortho intramolecular Hbond substituents is 1. The molecule has 10 nitrogen and oxygen atoms in total. The summed E-state index contributed by atoms with van der Waals surface area (Å²) in [5, 5.41) is 15.6. The lowest BCUT2D eigenvalue weighted by atomic mass is 9.84. The molecule has 0 fully saturated rings. The summed E-state index contributed by atoms with van der Waals surface area (Å²) in [5.41, 5.74) is 3.81. The Labute approximate surface area is 227 Å². The van der Waals surface area contributed by atoms with Crippen LogP contribution in [0.25, 0.3) is 28.0 Å². The summed E-state index contributed by atoms with van der Waals surface area (Å²) in [6, 6.07) is 20.2. The van der Waals surface area contributed by atoms with Gasteiger partial charge in [-0.3, -0.25) is 0 Å². The van der Waals surface area contributed by atoms with Crippen molar-refractivity contribution in [2.45, 2.75) is 5.92 Å². The molecule has 1 unspecified atom stereocenters. The molecule has 0 spiro atoms. The predicted octanol–water partition coefficient (Wildman–Crippen LogP) is 4.96. The van der Waals surface area contributed by atoms with Gasteiger partial charge in [-0.2, -0.15) is 0 Å². The molecule has 4 heterocycles. The molecule has 0 bridgehead atoms. The molecule has 1 aliphatic rings. The van der Waals surface area contributed by atoms with Crippen molar-refractivity contribution in [3.63, 3.8) is 0 Å². The molecule has 1 aliphatic heterocycles. The maximum atomic E-state index is 13.5. The molecular formula is C30H23N5O5.